The lowest BCUT2D eigenvalue weighted by molar-refractivity contribution is -0.152. The minimum Gasteiger partial charge on any atom is -0.356 e. The van der Waals surface area contributed by atoms with Crippen LogP contribution in [0.1, 0.15) is 13.3 Å². The van der Waals surface area contributed by atoms with Crippen LogP contribution in [-0.4, -0.2) is 42.5 Å². The highest BCUT2D eigenvalue weighted by molar-refractivity contribution is 5.82. The molecule has 0 aromatic carbocycles. The molecule has 1 atom stereocenters. The standard InChI is InChI=1S/C8H16N4O3/c1-6-8(14)10-3-5-12(6)4-2-7(13)15-11-9/h6,11H,2-5,9H2,1H3,(H,10,14). The second kappa shape index (κ2) is 5.64. The lowest BCUT2D eigenvalue weighted by Crippen LogP contribution is -2.54. The summed E-state index contributed by atoms with van der Waals surface area (Å²) in [5, 5.41) is 2.75. The van der Waals surface area contributed by atoms with Crippen molar-refractivity contribution in [3.05, 3.63) is 0 Å². The zero-order valence-corrected chi connectivity index (χ0v) is 8.66. The third-order valence-electron chi connectivity index (χ3n) is 2.40. The van der Waals surface area contributed by atoms with Gasteiger partial charge in [-0.2, -0.15) is 0 Å². The Balaban J connectivity index is 2.31. The molecular formula is C8H16N4O3. The number of hydrogen-bond acceptors (Lipinski definition) is 6. The van der Waals surface area contributed by atoms with Crippen molar-refractivity contribution in [2.45, 2.75) is 19.4 Å². The fraction of sp³-hybridized carbons (Fsp3) is 0.750. The highest BCUT2D eigenvalue weighted by Crippen LogP contribution is 2.04. The van der Waals surface area contributed by atoms with E-state index < -0.39 is 5.97 Å². The van der Waals surface area contributed by atoms with Gasteiger partial charge >= 0.3 is 5.97 Å². The number of nitrogens with zero attached hydrogens (tertiary/aromatic N) is 1. The van der Waals surface area contributed by atoms with Crippen LogP contribution in [0, 0.1) is 0 Å². The van der Waals surface area contributed by atoms with Crippen LogP contribution in [0.15, 0.2) is 0 Å². The Labute approximate surface area is 87.8 Å². The average molecular weight is 216 g/mol. The highest BCUT2D eigenvalue weighted by atomic mass is 16.7. The predicted octanol–water partition coefficient (Wildman–Crippen LogP) is -1.88. The summed E-state index contributed by atoms with van der Waals surface area (Å²) < 4.78 is 0. The van der Waals surface area contributed by atoms with Gasteiger partial charge in [0.15, 0.2) is 0 Å². The fourth-order valence-corrected chi connectivity index (χ4v) is 1.49. The first-order valence-corrected chi connectivity index (χ1v) is 4.82. The molecule has 1 fully saturated rings. The Morgan fingerprint density at radius 2 is 2.53 bits per heavy atom. The molecule has 1 unspecified atom stereocenters. The SMILES string of the molecule is CC1C(=O)NCCN1CCC(=O)ONN. The van der Waals surface area contributed by atoms with Gasteiger partial charge < -0.3 is 10.2 Å². The molecule has 1 amide bonds. The third-order valence-corrected chi connectivity index (χ3v) is 2.40. The monoisotopic (exact) mass is 216 g/mol. The summed E-state index contributed by atoms with van der Waals surface area (Å²) in [5.74, 6) is 4.37. The molecule has 86 valence electrons. The van der Waals surface area contributed by atoms with Crippen LogP contribution in [0.4, 0.5) is 0 Å². The minimum atomic E-state index is -0.435. The Kier molecular flexibility index (Phi) is 4.47. The molecule has 0 aromatic heterocycles. The Hall–Kier alpha value is -1.18. The van der Waals surface area contributed by atoms with Crippen LogP contribution in [0.25, 0.3) is 0 Å². The smallest absolute Gasteiger partial charge is 0.327 e. The molecule has 0 radical (unpaired) electrons. The number of amides is 1. The molecule has 1 aliphatic rings. The van der Waals surface area contributed by atoms with E-state index in [0.717, 1.165) is 6.54 Å². The van der Waals surface area contributed by atoms with Crippen molar-refractivity contribution < 1.29 is 14.4 Å². The molecule has 7 heteroatoms. The van der Waals surface area contributed by atoms with Gasteiger partial charge in [0.05, 0.1) is 12.5 Å². The summed E-state index contributed by atoms with van der Waals surface area (Å²) >= 11 is 0. The molecule has 0 aliphatic carbocycles. The molecule has 1 rings (SSSR count). The lowest BCUT2D eigenvalue weighted by Gasteiger charge is -2.32. The minimum absolute atomic E-state index is 0.00781. The number of nitrogens with two attached hydrogens (primary N) is 1. The van der Waals surface area contributed by atoms with Crippen molar-refractivity contribution in [2.75, 3.05) is 19.6 Å². The van der Waals surface area contributed by atoms with Gasteiger partial charge in [0, 0.05) is 19.6 Å². The second-order valence-corrected chi connectivity index (χ2v) is 3.34. The number of hydrazine groups is 1. The van der Waals surface area contributed by atoms with E-state index in [2.05, 4.69) is 10.2 Å². The van der Waals surface area contributed by atoms with Crippen LogP contribution >= 0.6 is 0 Å². The van der Waals surface area contributed by atoms with Crippen LogP contribution in [0.2, 0.25) is 0 Å². The van der Waals surface area contributed by atoms with E-state index in [1.807, 2.05) is 10.5 Å². The third kappa shape index (κ3) is 3.46. The summed E-state index contributed by atoms with van der Waals surface area (Å²) in [4.78, 5) is 28.5. The average Bonchev–Trinajstić information content (AvgIpc) is 2.21. The van der Waals surface area contributed by atoms with Crippen LogP contribution < -0.4 is 16.7 Å². The number of carbonyl (C=O) groups excluding carboxylic acids is 2. The van der Waals surface area contributed by atoms with Gasteiger partial charge in [-0.1, -0.05) is 5.59 Å². The Morgan fingerprint density at radius 1 is 1.80 bits per heavy atom. The van der Waals surface area contributed by atoms with Crippen molar-refractivity contribution in [3.8, 4) is 0 Å². The zero-order valence-electron chi connectivity index (χ0n) is 8.66. The molecule has 1 heterocycles. The Bertz CT molecular complexity index is 246. The predicted molar refractivity (Wildman–Crippen MR) is 52.1 cm³/mol. The summed E-state index contributed by atoms with van der Waals surface area (Å²) in [5.41, 5.74) is 1.83. The summed E-state index contributed by atoms with van der Waals surface area (Å²) in [6, 6.07) is -0.197. The number of hydrogen-bond donors (Lipinski definition) is 3. The lowest BCUT2D eigenvalue weighted by atomic mass is 10.2. The van der Waals surface area contributed by atoms with Crippen LogP contribution in [0.3, 0.4) is 0 Å². The molecule has 1 saturated heterocycles. The van der Waals surface area contributed by atoms with Crippen molar-refractivity contribution in [2.24, 2.45) is 5.84 Å². The number of piperazine rings is 1. The Morgan fingerprint density at radius 3 is 3.20 bits per heavy atom. The number of carbonyl (C=O) groups is 2. The highest BCUT2D eigenvalue weighted by Gasteiger charge is 2.25. The molecule has 0 bridgehead atoms. The molecule has 0 aromatic rings. The summed E-state index contributed by atoms with van der Waals surface area (Å²) in [7, 11) is 0. The first kappa shape index (κ1) is 11.9. The maximum Gasteiger partial charge on any atom is 0.327 e. The van der Waals surface area contributed by atoms with Crippen molar-refractivity contribution >= 4 is 11.9 Å². The maximum atomic E-state index is 11.3. The van der Waals surface area contributed by atoms with E-state index in [0.29, 0.717) is 13.1 Å². The van der Waals surface area contributed by atoms with E-state index in [4.69, 9.17) is 5.84 Å². The van der Waals surface area contributed by atoms with Crippen LogP contribution in [-0.2, 0) is 14.4 Å². The van der Waals surface area contributed by atoms with E-state index in [-0.39, 0.29) is 18.4 Å². The van der Waals surface area contributed by atoms with Gasteiger partial charge in [0.2, 0.25) is 5.91 Å². The summed E-state index contributed by atoms with van der Waals surface area (Å²) in [6.45, 7) is 3.67. The number of rotatable bonds is 4. The van der Waals surface area contributed by atoms with E-state index in [1.54, 1.807) is 6.92 Å². The normalized spacial score (nSPS) is 22.3. The van der Waals surface area contributed by atoms with Crippen molar-refractivity contribution in [1.29, 1.82) is 0 Å². The first-order chi connectivity index (χ1) is 7.15. The second-order valence-electron chi connectivity index (χ2n) is 3.34. The van der Waals surface area contributed by atoms with E-state index in [9.17, 15) is 9.59 Å². The van der Waals surface area contributed by atoms with Gasteiger partial charge in [-0.15, -0.1) is 0 Å². The quantitative estimate of drug-likeness (QED) is 0.376. The molecule has 15 heavy (non-hydrogen) atoms. The fourth-order valence-electron chi connectivity index (χ4n) is 1.49. The van der Waals surface area contributed by atoms with Crippen molar-refractivity contribution in [3.63, 3.8) is 0 Å². The zero-order chi connectivity index (χ0) is 11.3. The van der Waals surface area contributed by atoms with Gasteiger partial charge in [-0.05, 0) is 6.92 Å². The van der Waals surface area contributed by atoms with E-state index >= 15 is 0 Å². The first-order valence-electron chi connectivity index (χ1n) is 4.82. The largest absolute Gasteiger partial charge is 0.356 e. The topological polar surface area (TPSA) is 96.7 Å². The number of nitrogens with one attached hydrogen (secondary N) is 2. The molecule has 7 nitrogen and oxygen atoms in total. The molecule has 0 spiro atoms. The molecular weight excluding hydrogens is 200 g/mol. The van der Waals surface area contributed by atoms with Gasteiger partial charge in [-0.25, -0.2) is 5.84 Å². The van der Waals surface area contributed by atoms with E-state index in [1.165, 1.54) is 0 Å². The molecule has 4 N–H and O–H groups in total. The van der Waals surface area contributed by atoms with Crippen LogP contribution in [0.5, 0.6) is 0 Å². The van der Waals surface area contributed by atoms with Gasteiger partial charge in [-0.3, -0.25) is 14.5 Å². The summed E-state index contributed by atoms with van der Waals surface area (Å²) in [6.07, 6.45) is 0.210. The molecule has 1 aliphatic heterocycles. The van der Waals surface area contributed by atoms with Crippen molar-refractivity contribution in [1.82, 2.24) is 15.8 Å². The van der Waals surface area contributed by atoms with Gasteiger partial charge in [0.1, 0.15) is 0 Å². The van der Waals surface area contributed by atoms with Gasteiger partial charge in [0.25, 0.3) is 0 Å². The molecule has 0 saturated carbocycles. The maximum absolute atomic E-state index is 11.3.